The fraction of sp³-hybridized carbons (Fsp3) is 0.625. The van der Waals surface area contributed by atoms with Crippen LogP contribution in [0.3, 0.4) is 0 Å². The number of rotatable bonds is 3. The summed E-state index contributed by atoms with van der Waals surface area (Å²) in [6.07, 6.45) is 1.10. The zero-order valence-corrected chi connectivity index (χ0v) is 8.10. The van der Waals surface area contributed by atoms with Gasteiger partial charge in [-0.1, -0.05) is 0 Å². The Balaban J connectivity index is 2.51. The Hall–Kier alpha value is -1.79. The van der Waals surface area contributed by atoms with Crippen LogP contribution in [0.4, 0.5) is 4.79 Å². The van der Waals surface area contributed by atoms with Crippen molar-refractivity contribution in [2.45, 2.75) is 18.9 Å². The normalized spacial score (nSPS) is 20.0. The zero-order chi connectivity index (χ0) is 11.4. The number of carbonyl (C=O) groups excluding carboxylic acids is 2. The molecule has 0 aliphatic carbocycles. The van der Waals surface area contributed by atoms with E-state index in [0.717, 1.165) is 0 Å². The second-order valence-corrected chi connectivity index (χ2v) is 3.31. The lowest BCUT2D eigenvalue weighted by Gasteiger charge is -2.21. The van der Waals surface area contributed by atoms with Crippen LogP contribution in [0.25, 0.3) is 0 Å². The van der Waals surface area contributed by atoms with Crippen LogP contribution < -0.4 is 11.1 Å². The molecule has 3 amide bonds. The lowest BCUT2D eigenvalue weighted by molar-refractivity contribution is -0.141. The lowest BCUT2D eigenvalue weighted by Crippen LogP contribution is -2.47. The number of carbonyl (C=O) groups is 3. The summed E-state index contributed by atoms with van der Waals surface area (Å²) in [5, 5.41) is 11.1. The number of aliphatic carboxylic acids is 1. The van der Waals surface area contributed by atoms with E-state index in [1.54, 1.807) is 0 Å². The van der Waals surface area contributed by atoms with E-state index < -0.39 is 23.9 Å². The summed E-state index contributed by atoms with van der Waals surface area (Å²) in [7, 11) is 0. The molecule has 0 aromatic heterocycles. The standard InChI is InChI=1S/C8H13N3O4/c9-6(12)4-10-8(15)11-3-1-2-5(11)7(13)14/h5H,1-4H2,(H2,9,12)(H,10,15)(H,13,14)/t5-/m1/s1. The van der Waals surface area contributed by atoms with Crippen molar-refractivity contribution < 1.29 is 19.5 Å². The number of primary amides is 1. The molecular weight excluding hydrogens is 202 g/mol. The third-order valence-electron chi connectivity index (χ3n) is 2.21. The average Bonchev–Trinajstić information content (AvgIpc) is 2.62. The lowest BCUT2D eigenvalue weighted by atomic mass is 10.2. The number of amides is 3. The maximum atomic E-state index is 11.4. The van der Waals surface area contributed by atoms with E-state index >= 15 is 0 Å². The summed E-state index contributed by atoms with van der Waals surface area (Å²) >= 11 is 0. The molecule has 1 fully saturated rings. The topological polar surface area (TPSA) is 113 Å². The molecule has 1 aliphatic rings. The quantitative estimate of drug-likeness (QED) is 0.544. The van der Waals surface area contributed by atoms with Crippen LogP contribution in [0.1, 0.15) is 12.8 Å². The highest BCUT2D eigenvalue weighted by Gasteiger charge is 2.33. The maximum Gasteiger partial charge on any atom is 0.326 e. The summed E-state index contributed by atoms with van der Waals surface area (Å²) in [5.74, 6) is -1.68. The molecule has 0 aromatic carbocycles. The minimum Gasteiger partial charge on any atom is -0.480 e. The second kappa shape index (κ2) is 4.63. The molecule has 1 rings (SSSR count). The predicted molar refractivity (Wildman–Crippen MR) is 50.0 cm³/mol. The van der Waals surface area contributed by atoms with Gasteiger partial charge in [-0.15, -0.1) is 0 Å². The molecule has 1 aliphatic heterocycles. The molecule has 1 heterocycles. The number of hydrogen-bond donors (Lipinski definition) is 3. The number of nitrogens with one attached hydrogen (secondary N) is 1. The minimum atomic E-state index is -1.03. The van der Waals surface area contributed by atoms with Crippen molar-refractivity contribution in [1.29, 1.82) is 0 Å². The smallest absolute Gasteiger partial charge is 0.326 e. The van der Waals surface area contributed by atoms with Gasteiger partial charge in [-0.2, -0.15) is 0 Å². The highest BCUT2D eigenvalue weighted by atomic mass is 16.4. The van der Waals surface area contributed by atoms with Gasteiger partial charge in [0.15, 0.2) is 0 Å². The van der Waals surface area contributed by atoms with E-state index in [1.807, 2.05) is 0 Å². The molecule has 1 saturated heterocycles. The number of urea groups is 1. The zero-order valence-electron chi connectivity index (χ0n) is 8.10. The fourth-order valence-corrected chi connectivity index (χ4v) is 1.53. The molecule has 84 valence electrons. The summed E-state index contributed by atoms with van der Waals surface area (Å²) in [4.78, 5) is 33.8. The second-order valence-electron chi connectivity index (χ2n) is 3.31. The number of nitrogens with two attached hydrogens (primary N) is 1. The van der Waals surface area contributed by atoms with Crippen LogP contribution in [0, 0.1) is 0 Å². The van der Waals surface area contributed by atoms with Gasteiger partial charge < -0.3 is 21.1 Å². The van der Waals surface area contributed by atoms with Gasteiger partial charge in [0.2, 0.25) is 5.91 Å². The van der Waals surface area contributed by atoms with Crippen LogP contribution >= 0.6 is 0 Å². The predicted octanol–water partition coefficient (Wildman–Crippen LogP) is -1.27. The monoisotopic (exact) mass is 215 g/mol. The molecule has 0 aromatic rings. The van der Waals surface area contributed by atoms with Gasteiger partial charge in [0.05, 0.1) is 6.54 Å². The fourth-order valence-electron chi connectivity index (χ4n) is 1.53. The number of carboxylic acids is 1. The molecule has 4 N–H and O–H groups in total. The van der Waals surface area contributed by atoms with Crippen LogP contribution in [0.5, 0.6) is 0 Å². The molecule has 0 bridgehead atoms. The Morgan fingerprint density at radius 3 is 2.67 bits per heavy atom. The molecule has 0 saturated carbocycles. The first-order valence-electron chi connectivity index (χ1n) is 4.58. The van der Waals surface area contributed by atoms with Crippen molar-refractivity contribution >= 4 is 17.9 Å². The van der Waals surface area contributed by atoms with Crippen molar-refractivity contribution in [3.63, 3.8) is 0 Å². The summed E-state index contributed by atoms with van der Waals surface area (Å²) in [5.41, 5.74) is 4.85. The number of carboxylic acid groups (broad SMARTS) is 1. The van der Waals surface area contributed by atoms with Gasteiger partial charge in [-0.05, 0) is 12.8 Å². The van der Waals surface area contributed by atoms with Gasteiger partial charge in [0.25, 0.3) is 0 Å². The first-order valence-corrected chi connectivity index (χ1v) is 4.58. The molecule has 7 heteroatoms. The third-order valence-corrected chi connectivity index (χ3v) is 2.21. The van der Waals surface area contributed by atoms with Crippen molar-refractivity contribution in [3.05, 3.63) is 0 Å². The molecule has 1 atom stereocenters. The average molecular weight is 215 g/mol. The van der Waals surface area contributed by atoms with Gasteiger partial charge in [0.1, 0.15) is 6.04 Å². The largest absolute Gasteiger partial charge is 0.480 e. The molecule has 7 nitrogen and oxygen atoms in total. The van der Waals surface area contributed by atoms with Crippen LogP contribution in [-0.4, -0.2) is 47.0 Å². The van der Waals surface area contributed by atoms with E-state index in [1.165, 1.54) is 4.90 Å². The Labute approximate surface area is 86.2 Å². The van der Waals surface area contributed by atoms with Crippen molar-refractivity contribution in [2.24, 2.45) is 5.73 Å². The molecule has 15 heavy (non-hydrogen) atoms. The Morgan fingerprint density at radius 2 is 2.13 bits per heavy atom. The Bertz CT molecular complexity index is 292. The summed E-state index contributed by atoms with van der Waals surface area (Å²) in [6.45, 7) is 0.114. The third kappa shape index (κ3) is 2.83. The highest BCUT2D eigenvalue weighted by molar-refractivity contribution is 5.86. The van der Waals surface area contributed by atoms with E-state index in [-0.39, 0.29) is 6.54 Å². The van der Waals surface area contributed by atoms with Gasteiger partial charge >= 0.3 is 12.0 Å². The van der Waals surface area contributed by atoms with E-state index in [4.69, 9.17) is 10.8 Å². The summed E-state index contributed by atoms with van der Waals surface area (Å²) < 4.78 is 0. The van der Waals surface area contributed by atoms with Crippen LogP contribution in [0.15, 0.2) is 0 Å². The van der Waals surface area contributed by atoms with E-state index in [0.29, 0.717) is 19.4 Å². The Morgan fingerprint density at radius 1 is 1.47 bits per heavy atom. The van der Waals surface area contributed by atoms with Crippen LogP contribution in [-0.2, 0) is 9.59 Å². The molecule has 0 radical (unpaired) electrons. The number of nitrogens with zero attached hydrogens (tertiary/aromatic N) is 1. The van der Waals surface area contributed by atoms with Gasteiger partial charge in [-0.3, -0.25) is 4.79 Å². The first-order chi connectivity index (χ1) is 7.02. The number of likely N-dealkylation sites (tertiary alicyclic amines) is 1. The van der Waals surface area contributed by atoms with Crippen molar-refractivity contribution in [2.75, 3.05) is 13.1 Å². The van der Waals surface area contributed by atoms with E-state index in [2.05, 4.69) is 5.32 Å². The van der Waals surface area contributed by atoms with Crippen molar-refractivity contribution in [1.82, 2.24) is 10.2 Å². The maximum absolute atomic E-state index is 11.4. The molecule has 0 unspecified atom stereocenters. The number of hydrogen-bond acceptors (Lipinski definition) is 3. The Kier molecular flexibility index (Phi) is 3.48. The summed E-state index contributed by atoms with van der Waals surface area (Å²) in [6, 6.07) is -1.35. The minimum absolute atomic E-state index is 0.276. The van der Waals surface area contributed by atoms with Crippen molar-refractivity contribution in [3.8, 4) is 0 Å². The first kappa shape index (κ1) is 11.3. The molecular formula is C8H13N3O4. The van der Waals surface area contributed by atoms with Gasteiger partial charge in [0, 0.05) is 6.54 Å². The van der Waals surface area contributed by atoms with E-state index in [9.17, 15) is 14.4 Å². The van der Waals surface area contributed by atoms with Gasteiger partial charge in [-0.25, -0.2) is 9.59 Å². The SMILES string of the molecule is NC(=O)CNC(=O)N1CCC[C@@H]1C(=O)O. The molecule has 0 spiro atoms. The van der Waals surface area contributed by atoms with Crippen LogP contribution in [0.2, 0.25) is 0 Å². The highest BCUT2D eigenvalue weighted by Crippen LogP contribution is 2.16.